The minimum absolute atomic E-state index is 0.0222. The van der Waals surface area contributed by atoms with Gasteiger partial charge in [0.2, 0.25) is 0 Å². The van der Waals surface area contributed by atoms with Gasteiger partial charge in [-0.1, -0.05) is 0 Å². The number of hydrogen-bond donors (Lipinski definition) is 1. The molecule has 1 aliphatic heterocycles. The molecule has 1 aliphatic rings. The number of rotatable bonds is 3. The summed E-state index contributed by atoms with van der Waals surface area (Å²) in [7, 11) is 0. The average Bonchev–Trinajstić information content (AvgIpc) is 2.71. The van der Waals surface area contributed by atoms with E-state index in [1.54, 1.807) is 34.6 Å². The highest BCUT2D eigenvalue weighted by atomic mass is 19.1. The maximum absolute atomic E-state index is 14.0. The summed E-state index contributed by atoms with van der Waals surface area (Å²) in [6.07, 6.45) is 0.149. The van der Waals surface area contributed by atoms with Crippen LogP contribution in [-0.4, -0.2) is 63.3 Å². The van der Waals surface area contributed by atoms with Crippen molar-refractivity contribution in [2.45, 2.75) is 59.3 Å². The molecule has 2 heterocycles. The van der Waals surface area contributed by atoms with E-state index in [2.05, 4.69) is 5.10 Å². The van der Waals surface area contributed by atoms with E-state index >= 15 is 0 Å². The first-order chi connectivity index (χ1) is 15.3. The summed E-state index contributed by atoms with van der Waals surface area (Å²) >= 11 is 0. The molecule has 180 valence electrons. The van der Waals surface area contributed by atoms with Crippen LogP contribution >= 0.6 is 0 Å². The van der Waals surface area contributed by atoms with E-state index in [0.717, 1.165) is 16.8 Å². The minimum Gasteiger partial charge on any atom is -0.444 e. The van der Waals surface area contributed by atoms with Gasteiger partial charge in [0.15, 0.2) is 0 Å². The Bertz CT molecular complexity index is 1110. The molecule has 1 aromatic carbocycles. The Hall–Kier alpha value is -3.01. The maximum atomic E-state index is 14.0. The molecule has 0 bridgehead atoms. The molecule has 33 heavy (non-hydrogen) atoms. The van der Waals surface area contributed by atoms with Crippen LogP contribution in [0.25, 0.3) is 5.69 Å². The van der Waals surface area contributed by atoms with Crippen molar-refractivity contribution in [1.29, 1.82) is 0 Å². The molecule has 1 N–H and O–H groups in total. The first-order valence-electron chi connectivity index (χ1n) is 10.8. The second-order valence-corrected chi connectivity index (χ2v) is 9.33. The largest absolute Gasteiger partial charge is 0.444 e. The topological polar surface area (TPSA) is 87.9 Å². The van der Waals surface area contributed by atoms with E-state index < -0.39 is 41.0 Å². The number of carbonyl (C=O) groups excluding carboxylic acids is 1. The van der Waals surface area contributed by atoms with Gasteiger partial charge in [0.05, 0.1) is 29.7 Å². The Labute approximate surface area is 191 Å². The zero-order chi connectivity index (χ0) is 24.7. The van der Waals surface area contributed by atoms with Gasteiger partial charge < -0.3 is 19.6 Å². The number of nitrogens with zero attached hydrogens (tertiary/aromatic N) is 4. The van der Waals surface area contributed by atoms with Crippen molar-refractivity contribution in [3.05, 3.63) is 51.4 Å². The maximum Gasteiger partial charge on any atom is 0.410 e. The smallest absolute Gasteiger partial charge is 0.410 e. The van der Waals surface area contributed by atoms with Crippen LogP contribution in [0.4, 0.5) is 19.3 Å². The van der Waals surface area contributed by atoms with Crippen LogP contribution in [0.1, 0.15) is 38.8 Å². The second-order valence-electron chi connectivity index (χ2n) is 9.33. The fraction of sp³-hybridized carbons (Fsp3) is 0.522. The minimum atomic E-state index is -0.823. The fourth-order valence-electron chi connectivity index (χ4n) is 3.86. The summed E-state index contributed by atoms with van der Waals surface area (Å²) in [5.41, 5.74) is -0.251. The third kappa shape index (κ3) is 5.16. The molecular weight excluding hydrogens is 434 g/mol. The second kappa shape index (κ2) is 9.09. The molecule has 2 unspecified atom stereocenters. The van der Waals surface area contributed by atoms with Crippen molar-refractivity contribution in [1.82, 2.24) is 14.7 Å². The summed E-state index contributed by atoms with van der Waals surface area (Å²) in [6.45, 7) is 10.9. The molecule has 3 rings (SSSR count). The van der Waals surface area contributed by atoms with Crippen molar-refractivity contribution in [2.75, 3.05) is 24.5 Å². The monoisotopic (exact) mass is 464 g/mol. The zero-order valence-electron chi connectivity index (χ0n) is 19.7. The number of anilines is 1. The van der Waals surface area contributed by atoms with Crippen molar-refractivity contribution in [2.24, 2.45) is 0 Å². The Morgan fingerprint density at radius 1 is 1.18 bits per heavy atom. The van der Waals surface area contributed by atoms with Gasteiger partial charge in [-0.15, -0.1) is 0 Å². The van der Waals surface area contributed by atoms with E-state index in [1.807, 2.05) is 4.90 Å². The van der Waals surface area contributed by atoms with Gasteiger partial charge in [0.1, 0.15) is 17.2 Å². The number of ether oxygens (including phenoxy) is 1. The van der Waals surface area contributed by atoms with Gasteiger partial charge >= 0.3 is 6.09 Å². The zero-order valence-corrected chi connectivity index (χ0v) is 19.7. The predicted molar refractivity (Wildman–Crippen MR) is 120 cm³/mol. The van der Waals surface area contributed by atoms with Crippen LogP contribution in [0, 0.1) is 25.5 Å². The van der Waals surface area contributed by atoms with Gasteiger partial charge in [0.25, 0.3) is 5.56 Å². The standard InChI is InChI=1S/C23H30F2N4O4/c1-13-17(25)9-16(24)10-18(13)29-21(31)14(2)19(11-26-29)28-8-7-27(12-20(28)15(3)30)22(32)33-23(4,5)6/h9-11,15,20,30H,7-8,12H2,1-6H3. The lowest BCUT2D eigenvalue weighted by Gasteiger charge is -2.44. The van der Waals surface area contributed by atoms with Crippen LogP contribution in [0.3, 0.4) is 0 Å². The average molecular weight is 465 g/mol. The van der Waals surface area contributed by atoms with Crippen LogP contribution in [0.5, 0.6) is 0 Å². The number of amides is 1. The molecule has 10 heteroatoms. The molecule has 2 atom stereocenters. The summed E-state index contributed by atoms with van der Waals surface area (Å²) in [5.74, 6) is -1.58. The third-order valence-electron chi connectivity index (χ3n) is 5.64. The van der Waals surface area contributed by atoms with Gasteiger partial charge in [-0.2, -0.15) is 9.78 Å². The van der Waals surface area contributed by atoms with E-state index in [-0.39, 0.29) is 17.8 Å². The van der Waals surface area contributed by atoms with Crippen molar-refractivity contribution < 1.29 is 23.4 Å². The Morgan fingerprint density at radius 2 is 1.85 bits per heavy atom. The van der Waals surface area contributed by atoms with E-state index in [0.29, 0.717) is 24.3 Å². The number of aliphatic hydroxyl groups is 1. The van der Waals surface area contributed by atoms with Crippen molar-refractivity contribution in [3.8, 4) is 5.69 Å². The Kier molecular flexibility index (Phi) is 6.78. The van der Waals surface area contributed by atoms with Gasteiger partial charge in [-0.25, -0.2) is 13.6 Å². The summed E-state index contributed by atoms with van der Waals surface area (Å²) < 4.78 is 34.2. The number of aliphatic hydroxyl groups excluding tert-OH is 1. The lowest BCUT2D eigenvalue weighted by atomic mass is 10.1. The quantitative estimate of drug-likeness (QED) is 0.752. The first kappa shape index (κ1) is 24.6. The Morgan fingerprint density at radius 3 is 2.45 bits per heavy atom. The van der Waals surface area contributed by atoms with Gasteiger partial charge in [-0.3, -0.25) is 4.79 Å². The van der Waals surface area contributed by atoms with Crippen molar-refractivity contribution >= 4 is 11.8 Å². The molecule has 1 saturated heterocycles. The summed E-state index contributed by atoms with van der Waals surface area (Å²) in [6, 6.07) is 1.31. The van der Waals surface area contributed by atoms with Gasteiger partial charge in [-0.05, 0) is 41.5 Å². The lowest BCUT2D eigenvalue weighted by molar-refractivity contribution is 0.0163. The molecular formula is C23H30F2N4O4. The number of halogens is 2. The third-order valence-corrected chi connectivity index (χ3v) is 5.64. The normalized spacial score (nSPS) is 17.8. The molecule has 1 fully saturated rings. The molecule has 0 spiro atoms. The predicted octanol–water partition coefficient (Wildman–Crippen LogP) is 2.93. The van der Waals surface area contributed by atoms with Crippen molar-refractivity contribution in [3.63, 3.8) is 0 Å². The van der Waals surface area contributed by atoms with Crippen LogP contribution in [0.2, 0.25) is 0 Å². The highest BCUT2D eigenvalue weighted by Gasteiger charge is 2.35. The van der Waals surface area contributed by atoms with Gasteiger partial charge in [0, 0.05) is 42.9 Å². The number of aromatic nitrogens is 2. The number of benzene rings is 1. The molecule has 0 radical (unpaired) electrons. The molecule has 2 aromatic rings. The number of piperazine rings is 1. The SMILES string of the molecule is Cc1c(F)cc(F)cc1-n1ncc(N2CCN(C(=O)OC(C)(C)C)CC2C(C)O)c(C)c1=O. The lowest BCUT2D eigenvalue weighted by Crippen LogP contribution is -2.59. The molecule has 1 aromatic heterocycles. The van der Waals surface area contributed by atoms with E-state index in [1.165, 1.54) is 18.0 Å². The summed E-state index contributed by atoms with van der Waals surface area (Å²) in [4.78, 5) is 29.0. The highest BCUT2D eigenvalue weighted by molar-refractivity contribution is 5.69. The van der Waals surface area contributed by atoms with Crippen LogP contribution in [0.15, 0.2) is 23.1 Å². The summed E-state index contributed by atoms with van der Waals surface area (Å²) in [5, 5.41) is 14.6. The van der Waals surface area contributed by atoms with Crippen LogP contribution in [-0.2, 0) is 4.74 Å². The first-order valence-corrected chi connectivity index (χ1v) is 10.8. The molecule has 0 aliphatic carbocycles. The van der Waals surface area contributed by atoms with Crippen LogP contribution < -0.4 is 10.5 Å². The Balaban J connectivity index is 1.94. The fourth-order valence-corrected chi connectivity index (χ4v) is 3.86. The number of carbonyl (C=O) groups is 1. The van der Waals surface area contributed by atoms with E-state index in [9.17, 15) is 23.5 Å². The number of hydrogen-bond acceptors (Lipinski definition) is 6. The highest BCUT2D eigenvalue weighted by Crippen LogP contribution is 2.26. The molecule has 8 nitrogen and oxygen atoms in total. The molecule has 0 saturated carbocycles. The molecule has 1 amide bonds. The van der Waals surface area contributed by atoms with E-state index in [4.69, 9.17) is 4.74 Å².